The van der Waals surface area contributed by atoms with Crippen molar-refractivity contribution in [1.82, 2.24) is 14.9 Å². The van der Waals surface area contributed by atoms with Crippen LogP contribution in [-0.2, 0) is 6.54 Å². The standard InChI is InChI=1S/C9H12ClN3O/c10-9-11-3-1-7(12-9)5-13-4-2-8(14)6-13/h1,3,8,14H,2,4-6H2/t8-/m0/s1. The van der Waals surface area contributed by atoms with E-state index < -0.39 is 0 Å². The molecule has 1 aromatic heterocycles. The van der Waals surface area contributed by atoms with Crippen LogP contribution in [0.3, 0.4) is 0 Å². The van der Waals surface area contributed by atoms with Gasteiger partial charge in [0.15, 0.2) is 0 Å². The molecule has 0 bridgehead atoms. The van der Waals surface area contributed by atoms with E-state index in [2.05, 4.69) is 14.9 Å². The van der Waals surface area contributed by atoms with Gasteiger partial charge in [0, 0.05) is 25.8 Å². The zero-order valence-corrected chi connectivity index (χ0v) is 8.48. The van der Waals surface area contributed by atoms with Gasteiger partial charge in [0.25, 0.3) is 0 Å². The Hall–Kier alpha value is -0.710. The van der Waals surface area contributed by atoms with Crippen molar-refractivity contribution < 1.29 is 5.11 Å². The predicted octanol–water partition coefficient (Wildman–Crippen LogP) is 0.697. The molecule has 76 valence electrons. The fourth-order valence-corrected chi connectivity index (χ4v) is 1.81. The number of β-amino-alcohol motifs (C(OH)–C–C–N with tert-alkyl or cyclic N) is 1. The summed E-state index contributed by atoms with van der Waals surface area (Å²) < 4.78 is 0. The van der Waals surface area contributed by atoms with E-state index in [0.717, 1.165) is 31.7 Å². The van der Waals surface area contributed by atoms with Gasteiger partial charge in [-0.2, -0.15) is 0 Å². The fourth-order valence-electron chi connectivity index (χ4n) is 1.64. The largest absolute Gasteiger partial charge is 0.392 e. The smallest absolute Gasteiger partial charge is 0.222 e. The molecular formula is C9H12ClN3O. The summed E-state index contributed by atoms with van der Waals surface area (Å²) in [6, 6.07) is 1.84. The van der Waals surface area contributed by atoms with E-state index in [0.29, 0.717) is 0 Å². The summed E-state index contributed by atoms with van der Waals surface area (Å²) in [7, 11) is 0. The second-order valence-corrected chi connectivity index (χ2v) is 3.83. The number of aromatic nitrogens is 2. The van der Waals surface area contributed by atoms with Crippen LogP contribution in [0.4, 0.5) is 0 Å². The summed E-state index contributed by atoms with van der Waals surface area (Å²) in [5.41, 5.74) is 0.902. The van der Waals surface area contributed by atoms with Gasteiger partial charge in [-0.1, -0.05) is 0 Å². The molecule has 5 heteroatoms. The van der Waals surface area contributed by atoms with Gasteiger partial charge in [0.1, 0.15) is 0 Å². The Balaban J connectivity index is 1.97. The second-order valence-electron chi connectivity index (χ2n) is 3.49. The Kier molecular flexibility index (Phi) is 2.96. The molecule has 4 nitrogen and oxygen atoms in total. The van der Waals surface area contributed by atoms with Gasteiger partial charge in [0.05, 0.1) is 11.8 Å². The zero-order chi connectivity index (χ0) is 9.97. The molecule has 1 aromatic rings. The third-order valence-electron chi connectivity index (χ3n) is 2.32. The lowest BCUT2D eigenvalue weighted by Crippen LogP contribution is -2.22. The summed E-state index contributed by atoms with van der Waals surface area (Å²) in [6.45, 7) is 2.38. The number of rotatable bonds is 2. The van der Waals surface area contributed by atoms with E-state index in [9.17, 15) is 5.11 Å². The molecule has 2 rings (SSSR count). The normalized spacial score (nSPS) is 22.9. The van der Waals surface area contributed by atoms with Gasteiger partial charge in [-0.25, -0.2) is 9.97 Å². The average Bonchev–Trinajstić information content (AvgIpc) is 2.51. The SMILES string of the molecule is O[C@H]1CCN(Cc2ccnc(Cl)n2)C1. The minimum absolute atomic E-state index is 0.188. The Labute approximate surface area is 87.5 Å². The lowest BCUT2D eigenvalue weighted by atomic mass is 10.3. The monoisotopic (exact) mass is 213 g/mol. The van der Waals surface area contributed by atoms with Crippen LogP contribution in [-0.4, -0.2) is 39.2 Å². The quantitative estimate of drug-likeness (QED) is 0.735. The first-order chi connectivity index (χ1) is 6.74. The van der Waals surface area contributed by atoms with Gasteiger partial charge < -0.3 is 5.11 Å². The minimum Gasteiger partial charge on any atom is -0.392 e. The summed E-state index contributed by atoms with van der Waals surface area (Å²) in [5, 5.41) is 9.61. The molecule has 1 saturated heterocycles. The van der Waals surface area contributed by atoms with Gasteiger partial charge in [-0.3, -0.25) is 4.90 Å². The fraction of sp³-hybridized carbons (Fsp3) is 0.556. The van der Waals surface area contributed by atoms with E-state index in [-0.39, 0.29) is 11.4 Å². The number of aliphatic hydroxyl groups is 1. The van der Waals surface area contributed by atoms with Crippen molar-refractivity contribution in [3.63, 3.8) is 0 Å². The summed E-state index contributed by atoms with van der Waals surface area (Å²) in [4.78, 5) is 10.1. The third kappa shape index (κ3) is 2.41. The van der Waals surface area contributed by atoms with Gasteiger partial charge >= 0.3 is 0 Å². The van der Waals surface area contributed by atoms with E-state index in [1.807, 2.05) is 6.07 Å². The van der Waals surface area contributed by atoms with E-state index in [1.165, 1.54) is 0 Å². The molecule has 1 aliphatic rings. The predicted molar refractivity (Wildman–Crippen MR) is 52.9 cm³/mol. The number of nitrogens with zero attached hydrogens (tertiary/aromatic N) is 3. The lowest BCUT2D eigenvalue weighted by Gasteiger charge is -2.13. The molecule has 0 aliphatic carbocycles. The van der Waals surface area contributed by atoms with Crippen molar-refractivity contribution in [3.8, 4) is 0 Å². The van der Waals surface area contributed by atoms with Crippen LogP contribution in [0.15, 0.2) is 12.3 Å². The van der Waals surface area contributed by atoms with Crippen LogP contribution < -0.4 is 0 Å². The summed E-state index contributed by atoms with van der Waals surface area (Å²) >= 11 is 5.67. The summed E-state index contributed by atoms with van der Waals surface area (Å²) in [5.74, 6) is 0. The van der Waals surface area contributed by atoms with Crippen LogP contribution in [0, 0.1) is 0 Å². The van der Waals surface area contributed by atoms with Crippen LogP contribution in [0.25, 0.3) is 0 Å². The first kappa shape index (κ1) is 9.83. The molecule has 1 fully saturated rings. The Morgan fingerprint density at radius 1 is 1.64 bits per heavy atom. The Morgan fingerprint density at radius 3 is 3.14 bits per heavy atom. The van der Waals surface area contributed by atoms with Gasteiger partial charge in [-0.05, 0) is 24.1 Å². The molecule has 1 aliphatic heterocycles. The highest BCUT2D eigenvalue weighted by molar-refractivity contribution is 6.28. The number of halogens is 1. The topological polar surface area (TPSA) is 49.2 Å². The van der Waals surface area contributed by atoms with E-state index >= 15 is 0 Å². The Morgan fingerprint density at radius 2 is 2.50 bits per heavy atom. The summed E-state index contributed by atoms with van der Waals surface area (Å²) in [6.07, 6.45) is 2.31. The number of hydrogen-bond donors (Lipinski definition) is 1. The van der Waals surface area contributed by atoms with Crippen LogP contribution in [0.5, 0.6) is 0 Å². The molecule has 0 aromatic carbocycles. The molecule has 2 heterocycles. The molecule has 0 radical (unpaired) electrons. The maximum absolute atomic E-state index is 9.33. The van der Waals surface area contributed by atoms with Crippen molar-refractivity contribution in [2.45, 2.75) is 19.1 Å². The van der Waals surface area contributed by atoms with Crippen molar-refractivity contribution in [2.75, 3.05) is 13.1 Å². The molecule has 1 atom stereocenters. The molecule has 0 unspecified atom stereocenters. The molecule has 0 spiro atoms. The van der Waals surface area contributed by atoms with Crippen LogP contribution in [0.1, 0.15) is 12.1 Å². The minimum atomic E-state index is -0.188. The highest BCUT2D eigenvalue weighted by Gasteiger charge is 2.20. The first-order valence-electron chi connectivity index (χ1n) is 4.62. The van der Waals surface area contributed by atoms with Gasteiger partial charge in [-0.15, -0.1) is 0 Å². The van der Waals surface area contributed by atoms with Crippen molar-refractivity contribution >= 4 is 11.6 Å². The molecule has 0 amide bonds. The highest BCUT2D eigenvalue weighted by atomic mass is 35.5. The average molecular weight is 214 g/mol. The maximum Gasteiger partial charge on any atom is 0.222 e. The highest BCUT2D eigenvalue weighted by Crippen LogP contribution is 2.12. The number of likely N-dealkylation sites (tertiary alicyclic amines) is 1. The van der Waals surface area contributed by atoms with Crippen molar-refractivity contribution in [3.05, 3.63) is 23.2 Å². The molecule has 0 saturated carbocycles. The first-order valence-corrected chi connectivity index (χ1v) is 4.99. The molecular weight excluding hydrogens is 202 g/mol. The maximum atomic E-state index is 9.33. The number of aliphatic hydroxyl groups excluding tert-OH is 1. The Bertz CT molecular complexity index is 321. The zero-order valence-electron chi connectivity index (χ0n) is 7.73. The van der Waals surface area contributed by atoms with Crippen molar-refractivity contribution in [1.29, 1.82) is 0 Å². The molecule has 1 N–H and O–H groups in total. The molecule has 14 heavy (non-hydrogen) atoms. The van der Waals surface area contributed by atoms with E-state index in [1.54, 1.807) is 6.20 Å². The lowest BCUT2D eigenvalue weighted by molar-refractivity contribution is 0.174. The van der Waals surface area contributed by atoms with Gasteiger partial charge in [0.2, 0.25) is 5.28 Å². The van der Waals surface area contributed by atoms with Crippen LogP contribution in [0.2, 0.25) is 5.28 Å². The van der Waals surface area contributed by atoms with E-state index in [4.69, 9.17) is 11.6 Å². The number of hydrogen-bond acceptors (Lipinski definition) is 4. The second kappa shape index (κ2) is 4.21. The van der Waals surface area contributed by atoms with Crippen molar-refractivity contribution in [2.24, 2.45) is 0 Å². The van der Waals surface area contributed by atoms with Crippen LogP contribution >= 0.6 is 11.6 Å². The third-order valence-corrected chi connectivity index (χ3v) is 2.50.